The fourth-order valence-corrected chi connectivity index (χ4v) is 2.72. The van der Waals surface area contributed by atoms with Gasteiger partial charge in [-0.2, -0.15) is 0 Å². The van der Waals surface area contributed by atoms with Crippen molar-refractivity contribution in [3.05, 3.63) is 29.6 Å². The van der Waals surface area contributed by atoms with Crippen LogP contribution in [0.4, 0.5) is 10.1 Å². The van der Waals surface area contributed by atoms with Gasteiger partial charge in [-0.3, -0.25) is 0 Å². The van der Waals surface area contributed by atoms with Gasteiger partial charge in [-0.05, 0) is 42.4 Å². The molecule has 100 valence electrons. The highest BCUT2D eigenvalue weighted by molar-refractivity contribution is 5.50. The van der Waals surface area contributed by atoms with Crippen molar-refractivity contribution in [2.75, 3.05) is 18.0 Å². The molecule has 2 rings (SSSR count). The van der Waals surface area contributed by atoms with Crippen molar-refractivity contribution in [2.45, 2.75) is 46.0 Å². The summed E-state index contributed by atoms with van der Waals surface area (Å²) in [4.78, 5) is 2.20. The molecule has 0 aliphatic carbocycles. The van der Waals surface area contributed by atoms with Crippen molar-refractivity contribution in [3.63, 3.8) is 0 Å². The molecule has 1 heterocycles. The van der Waals surface area contributed by atoms with Crippen LogP contribution in [-0.2, 0) is 0 Å². The largest absolute Gasteiger partial charge is 0.369 e. The Bertz CT molecular complexity index is 392. The number of anilines is 1. The van der Waals surface area contributed by atoms with Crippen LogP contribution in [0.25, 0.3) is 0 Å². The summed E-state index contributed by atoms with van der Waals surface area (Å²) < 4.78 is 14.1. The SMILES string of the molecule is CCC1CCN(c2ccc(C(C)C)cc2F)CC1. The molecule has 0 unspecified atom stereocenters. The van der Waals surface area contributed by atoms with E-state index in [0.717, 1.165) is 30.3 Å². The Morgan fingerprint density at radius 3 is 2.44 bits per heavy atom. The van der Waals surface area contributed by atoms with E-state index in [1.807, 2.05) is 6.07 Å². The first kappa shape index (κ1) is 13.4. The molecule has 0 bridgehead atoms. The molecular weight excluding hydrogens is 225 g/mol. The first-order valence-corrected chi connectivity index (χ1v) is 7.16. The second kappa shape index (κ2) is 5.73. The zero-order chi connectivity index (χ0) is 13.1. The van der Waals surface area contributed by atoms with Crippen LogP contribution >= 0.6 is 0 Å². The molecule has 2 heteroatoms. The van der Waals surface area contributed by atoms with Crippen molar-refractivity contribution in [1.29, 1.82) is 0 Å². The third-order valence-electron chi connectivity index (χ3n) is 4.17. The van der Waals surface area contributed by atoms with Crippen LogP contribution in [0.15, 0.2) is 18.2 Å². The quantitative estimate of drug-likeness (QED) is 0.758. The minimum atomic E-state index is -0.0591. The number of nitrogens with zero attached hydrogens (tertiary/aromatic N) is 1. The highest BCUT2D eigenvalue weighted by atomic mass is 19.1. The first-order chi connectivity index (χ1) is 8.61. The topological polar surface area (TPSA) is 3.24 Å². The number of rotatable bonds is 3. The Balaban J connectivity index is 2.10. The fourth-order valence-electron chi connectivity index (χ4n) is 2.72. The van der Waals surface area contributed by atoms with Gasteiger partial charge in [0.25, 0.3) is 0 Å². The molecule has 0 aromatic heterocycles. The molecule has 1 aromatic carbocycles. The molecule has 1 nitrogen and oxygen atoms in total. The molecular formula is C16H24FN. The Labute approximate surface area is 110 Å². The third-order valence-corrected chi connectivity index (χ3v) is 4.17. The van der Waals surface area contributed by atoms with Crippen LogP contribution in [0.5, 0.6) is 0 Å². The minimum absolute atomic E-state index is 0.0591. The van der Waals surface area contributed by atoms with E-state index < -0.39 is 0 Å². The maximum absolute atomic E-state index is 14.1. The number of benzene rings is 1. The Kier molecular flexibility index (Phi) is 4.26. The standard InChI is InChI=1S/C16H24FN/c1-4-13-7-9-18(10-8-13)16-6-5-14(12(2)3)11-15(16)17/h5-6,11-13H,4,7-10H2,1-3H3. The highest BCUT2D eigenvalue weighted by Gasteiger charge is 2.20. The van der Waals surface area contributed by atoms with E-state index in [4.69, 9.17) is 0 Å². The van der Waals surface area contributed by atoms with Gasteiger partial charge in [-0.25, -0.2) is 4.39 Å². The summed E-state index contributed by atoms with van der Waals surface area (Å²) in [6.07, 6.45) is 3.65. The van der Waals surface area contributed by atoms with Gasteiger partial charge < -0.3 is 4.90 Å². The lowest BCUT2D eigenvalue weighted by Gasteiger charge is -2.33. The summed E-state index contributed by atoms with van der Waals surface area (Å²) in [5, 5.41) is 0. The number of halogens is 1. The van der Waals surface area contributed by atoms with Crippen LogP contribution in [0.3, 0.4) is 0 Å². The summed E-state index contributed by atoms with van der Waals surface area (Å²) in [5.74, 6) is 1.16. The van der Waals surface area contributed by atoms with Gasteiger partial charge in [0.2, 0.25) is 0 Å². The van der Waals surface area contributed by atoms with Crippen LogP contribution in [-0.4, -0.2) is 13.1 Å². The zero-order valence-electron chi connectivity index (χ0n) is 11.7. The fraction of sp³-hybridized carbons (Fsp3) is 0.625. The molecule has 1 saturated heterocycles. The first-order valence-electron chi connectivity index (χ1n) is 7.16. The van der Waals surface area contributed by atoms with E-state index in [9.17, 15) is 4.39 Å². The van der Waals surface area contributed by atoms with Crippen LogP contribution in [0.2, 0.25) is 0 Å². The third kappa shape index (κ3) is 2.85. The second-order valence-electron chi connectivity index (χ2n) is 5.70. The van der Waals surface area contributed by atoms with Crippen LogP contribution < -0.4 is 4.90 Å². The lowest BCUT2D eigenvalue weighted by molar-refractivity contribution is 0.392. The lowest BCUT2D eigenvalue weighted by atomic mass is 9.94. The molecule has 0 radical (unpaired) electrons. The summed E-state index contributed by atoms with van der Waals surface area (Å²) >= 11 is 0. The molecule has 1 fully saturated rings. The van der Waals surface area contributed by atoms with E-state index in [2.05, 4.69) is 31.7 Å². The maximum atomic E-state index is 14.1. The van der Waals surface area contributed by atoms with E-state index in [0.29, 0.717) is 5.92 Å². The van der Waals surface area contributed by atoms with E-state index >= 15 is 0 Å². The van der Waals surface area contributed by atoms with E-state index in [1.165, 1.54) is 19.3 Å². The molecule has 18 heavy (non-hydrogen) atoms. The van der Waals surface area contributed by atoms with E-state index in [1.54, 1.807) is 6.07 Å². The number of hydrogen-bond donors (Lipinski definition) is 0. The normalized spacial score (nSPS) is 17.5. The summed E-state index contributed by atoms with van der Waals surface area (Å²) in [6.45, 7) is 8.44. The highest BCUT2D eigenvalue weighted by Crippen LogP contribution is 2.28. The van der Waals surface area contributed by atoms with Crippen molar-refractivity contribution < 1.29 is 4.39 Å². The Hall–Kier alpha value is -1.05. The molecule has 0 N–H and O–H groups in total. The van der Waals surface area contributed by atoms with Crippen molar-refractivity contribution >= 4 is 5.69 Å². The van der Waals surface area contributed by atoms with Gasteiger partial charge >= 0.3 is 0 Å². The predicted octanol–water partition coefficient (Wildman–Crippen LogP) is 4.58. The average molecular weight is 249 g/mol. The molecule has 0 saturated carbocycles. The predicted molar refractivity (Wildman–Crippen MR) is 75.7 cm³/mol. The molecule has 1 aliphatic heterocycles. The Morgan fingerprint density at radius 2 is 1.94 bits per heavy atom. The summed E-state index contributed by atoms with van der Waals surface area (Å²) in [7, 11) is 0. The molecule has 0 amide bonds. The number of hydrogen-bond acceptors (Lipinski definition) is 1. The number of piperidine rings is 1. The van der Waals surface area contributed by atoms with Gasteiger partial charge in [-0.15, -0.1) is 0 Å². The minimum Gasteiger partial charge on any atom is -0.369 e. The summed E-state index contributed by atoms with van der Waals surface area (Å²) in [5.41, 5.74) is 1.87. The van der Waals surface area contributed by atoms with Gasteiger partial charge in [0.05, 0.1) is 5.69 Å². The monoisotopic (exact) mass is 249 g/mol. The Morgan fingerprint density at radius 1 is 1.28 bits per heavy atom. The van der Waals surface area contributed by atoms with Crippen LogP contribution in [0, 0.1) is 11.7 Å². The molecule has 1 aliphatic rings. The van der Waals surface area contributed by atoms with Crippen molar-refractivity contribution in [1.82, 2.24) is 0 Å². The maximum Gasteiger partial charge on any atom is 0.146 e. The lowest BCUT2D eigenvalue weighted by Crippen LogP contribution is -2.34. The zero-order valence-corrected chi connectivity index (χ0v) is 11.7. The summed E-state index contributed by atoms with van der Waals surface area (Å²) in [6, 6.07) is 5.72. The van der Waals surface area contributed by atoms with E-state index in [-0.39, 0.29) is 5.82 Å². The molecule has 0 spiro atoms. The van der Waals surface area contributed by atoms with Gasteiger partial charge in [0.1, 0.15) is 5.82 Å². The molecule has 1 aromatic rings. The average Bonchev–Trinajstić information content (AvgIpc) is 2.38. The van der Waals surface area contributed by atoms with Gasteiger partial charge in [0.15, 0.2) is 0 Å². The van der Waals surface area contributed by atoms with Crippen molar-refractivity contribution in [2.24, 2.45) is 5.92 Å². The smallest absolute Gasteiger partial charge is 0.146 e. The van der Waals surface area contributed by atoms with Crippen LogP contribution in [0.1, 0.15) is 51.5 Å². The van der Waals surface area contributed by atoms with Crippen molar-refractivity contribution in [3.8, 4) is 0 Å². The molecule has 0 atom stereocenters. The van der Waals surface area contributed by atoms with Gasteiger partial charge in [0, 0.05) is 13.1 Å². The second-order valence-corrected chi connectivity index (χ2v) is 5.70. The van der Waals surface area contributed by atoms with Gasteiger partial charge in [-0.1, -0.05) is 33.3 Å².